The monoisotopic (exact) mass is 402 g/mol. The molecule has 0 aliphatic carbocycles. The van der Waals surface area contributed by atoms with Gasteiger partial charge < -0.3 is 9.47 Å². The second kappa shape index (κ2) is 8.81. The Morgan fingerprint density at radius 3 is 1.86 bits per heavy atom. The molecule has 2 aromatic rings. The first-order valence-electron chi connectivity index (χ1n) is 8.10. The lowest BCUT2D eigenvalue weighted by atomic mass is 10.2. The molecule has 2 aromatic carbocycles. The van der Waals surface area contributed by atoms with Crippen LogP contribution < -0.4 is 9.47 Å². The lowest BCUT2D eigenvalue weighted by Gasteiger charge is -2.10. The van der Waals surface area contributed by atoms with Gasteiger partial charge in [-0.3, -0.25) is 9.59 Å². The highest BCUT2D eigenvalue weighted by atomic mass is 19.4. The molecule has 0 unspecified atom stereocenters. The summed E-state index contributed by atoms with van der Waals surface area (Å²) in [5.41, 5.74) is -1.25. The zero-order chi connectivity index (χ0) is 20.9. The van der Waals surface area contributed by atoms with Crippen LogP contribution in [0.3, 0.4) is 0 Å². The second-order valence-corrected chi connectivity index (χ2v) is 5.85. The molecule has 0 aliphatic heterocycles. The summed E-state index contributed by atoms with van der Waals surface area (Å²) in [5, 5.41) is 0. The van der Waals surface area contributed by atoms with Gasteiger partial charge in [-0.1, -0.05) is 0 Å². The molecular weight excluding hydrogens is 387 g/mol. The van der Waals surface area contributed by atoms with Crippen LogP contribution in [0.5, 0.6) is 11.5 Å². The number of carbonyl (C=O) groups is 2. The van der Waals surface area contributed by atoms with Crippen molar-refractivity contribution in [2.75, 3.05) is 0 Å². The molecule has 9 heteroatoms. The van der Waals surface area contributed by atoms with E-state index >= 15 is 0 Å². The third-order valence-corrected chi connectivity index (χ3v) is 3.60. The van der Waals surface area contributed by atoms with Gasteiger partial charge in [-0.25, -0.2) is 8.78 Å². The number of benzene rings is 2. The molecule has 0 saturated heterocycles. The summed E-state index contributed by atoms with van der Waals surface area (Å²) in [6, 6.07) is 5.60. The molecule has 0 fully saturated rings. The second-order valence-electron chi connectivity index (χ2n) is 5.85. The zero-order valence-electron chi connectivity index (χ0n) is 14.6. The summed E-state index contributed by atoms with van der Waals surface area (Å²) in [7, 11) is 0. The van der Waals surface area contributed by atoms with Crippen LogP contribution in [0.2, 0.25) is 0 Å². The molecule has 28 heavy (non-hydrogen) atoms. The lowest BCUT2D eigenvalue weighted by molar-refractivity contribution is -0.141. The van der Waals surface area contributed by atoms with Crippen molar-refractivity contribution in [3.05, 3.63) is 59.2 Å². The Hall–Kier alpha value is -2.97. The average molecular weight is 402 g/mol. The summed E-state index contributed by atoms with van der Waals surface area (Å²) in [6.07, 6.45) is -5.33. The molecular formula is C19H15F5O4. The third-order valence-electron chi connectivity index (χ3n) is 3.60. The normalized spacial score (nSPS) is 11.2. The predicted octanol–water partition coefficient (Wildman–Crippen LogP) is 4.97. The Morgan fingerprint density at radius 2 is 1.36 bits per heavy atom. The number of alkyl halides is 3. The van der Waals surface area contributed by atoms with E-state index < -0.39 is 41.1 Å². The van der Waals surface area contributed by atoms with Crippen molar-refractivity contribution >= 4 is 11.9 Å². The van der Waals surface area contributed by atoms with Crippen LogP contribution in [0.1, 0.15) is 30.4 Å². The van der Waals surface area contributed by atoms with E-state index in [1.54, 1.807) is 0 Å². The van der Waals surface area contributed by atoms with Gasteiger partial charge in [0.2, 0.25) is 0 Å². The molecule has 0 aliphatic rings. The maximum absolute atomic E-state index is 13.2. The first-order valence-corrected chi connectivity index (χ1v) is 8.10. The first-order chi connectivity index (χ1) is 13.1. The van der Waals surface area contributed by atoms with Gasteiger partial charge in [0, 0.05) is 12.8 Å². The minimum Gasteiger partial charge on any atom is -0.427 e. The van der Waals surface area contributed by atoms with E-state index in [0.717, 1.165) is 12.1 Å². The van der Waals surface area contributed by atoms with Crippen molar-refractivity contribution in [2.24, 2.45) is 0 Å². The van der Waals surface area contributed by atoms with E-state index in [1.165, 1.54) is 19.1 Å². The molecule has 0 amide bonds. The van der Waals surface area contributed by atoms with Crippen molar-refractivity contribution in [1.82, 2.24) is 0 Å². The molecule has 0 aromatic heterocycles. The standard InChI is InChI=1S/C19H15F5O4/c1-11-9-12(5-7-15(11)20)27-17(25)3-2-4-18(26)28-13-6-8-16(21)14(10-13)19(22,23)24/h5-10H,2-4H2,1H3. The van der Waals surface area contributed by atoms with Crippen molar-refractivity contribution in [3.8, 4) is 11.5 Å². The molecule has 0 N–H and O–H groups in total. The van der Waals surface area contributed by atoms with Gasteiger partial charge in [0.25, 0.3) is 0 Å². The van der Waals surface area contributed by atoms with Crippen LogP contribution in [0, 0.1) is 18.6 Å². The van der Waals surface area contributed by atoms with Gasteiger partial charge in [0.1, 0.15) is 23.1 Å². The van der Waals surface area contributed by atoms with Crippen molar-refractivity contribution < 1.29 is 41.0 Å². The Balaban J connectivity index is 1.82. The average Bonchev–Trinajstić information content (AvgIpc) is 2.59. The molecule has 2 rings (SSSR count). The Kier molecular flexibility index (Phi) is 6.71. The minimum absolute atomic E-state index is 0.0190. The van der Waals surface area contributed by atoms with Crippen LogP contribution in [-0.2, 0) is 15.8 Å². The van der Waals surface area contributed by atoms with Crippen LogP contribution in [-0.4, -0.2) is 11.9 Å². The van der Waals surface area contributed by atoms with Gasteiger partial charge >= 0.3 is 18.1 Å². The van der Waals surface area contributed by atoms with E-state index in [4.69, 9.17) is 9.47 Å². The number of aryl methyl sites for hydroxylation is 1. The molecule has 0 saturated carbocycles. The number of hydrogen-bond acceptors (Lipinski definition) is 4. The maximum Gasteiger partial charge on any atom is 0.419 e. The third kappa shape index (κ3) is 6.04. The van der Waals surface area contributed by atoms with E-state index in [0.29, 0.717) is 17.7 Å². The molecule has 0 atom stereocenters. The molecule has 0 bridgehead atoms. The molecule has 0 radical (unpaired) electrons. The summed E-state index contributed by atoms with van der Waals surface area (Å²) in [5.74, 6) is -3.78. The van der Waals surface area contributed by atoms with Crippen LogP contribution in [0.25, 0.3) is 0 Å². The highest BCUT2D eigenvalue weighted by Crippen LogP contribution is 2.33. The number of hydrogen-bond donors (Lipinski definition) is 0. The van der Waals surface area contributed by atoms with Crippen LogP contribution in [0.4, 0.5) is 22.0 Å². The highest BCUT2D eigenvalue weighted by molar-refractivity contribution is 5.75. The summed E-state index contributed by atoms with van der Waals surface area (Å²) >= 11 is 0. The number of halogens is 5. The summed E-state index contributed by atoms with van der Waals surface area (Å²) in [4.78, 5) is 23.4. The van der Waals surface area contributed by atoms with Crippen molar-refractivity contribution in [2.45, 2.75) is 32.4 Å². The van der Waals surface area contributed by atoms with E-state index in [-0.39, 0.29) is 25.0 Å². The first kappa shape index (κ1) is 21.3. The largest absolute Gasteiger partial charge is 0.427 e. The fourth-order valence-corrected chi connectivity index (χ4v) is 2.21. The maximum atomic E-state index is 13.2. The van der Waals surface area contributed by atoms with Gasteiger partial charge in [-0.15, -0.1) is 0 Å². The smallest absolute Gasteiger partial charge is 0.419 e. The van der Waals surface area contributed by atoms with Crippen LogP contribution >= 0.6 is 0 Å². The lowest BCUT2D eigenvalue weighted by Crippen LogP contribution is -2.13. The SMILES string of the molecule is Cc1cc(OC(=O)CCCC(=O)Oc2ccc(F)c(C(F)(F)F)c2)ccc1F. The van der Waals surface area contributed by atoms with Crippen molar-refractivity contribution in [1.29, 1.82) is 0 Å². The van der Waals surface area contributed by atoms with E-state index in [1.807, 2.05) is 0 Å². The molecule has 0 heterocycles. The Bertz CT molecular complexity index is 877. The zero-order valence-corrected chi connectivity index (χ0v) is 14.6. The summed E-state index contributed by atoms with van der Waals surface area (Å²) in [6.45, 7) is 1.50. The minimum atomic E-state index is -4.92. The Morgan fingerprint density at radius 1 is 0.857 bits per heavy atom. The fourth-order valence-electron chi connectivity index (χ4n) is 2.21. The molecule has 150 valence electrons. The number of ether oxygens (including phenoxy) is 2. The van der Waals surface area contributed by atoms with E-state index in [9.17, 15) is 31.5 Å². The van der Waals surface area contributed by atoms with Gasteiger partial charge in [-0.05, 0) is 55.3 Å². The quantitative estimate of drug-likeness (QED) is 0.389. The number of rotatable bonds is 6. The van der Waals surface area contributed by atoms with Crippen LogP contribution in [0.15, 0.2) is 36.4 Å². The van der Waals surface area contributed by atoms with E-state index in [2.05, 4.69) is 0 Å². The molecule has 0 spiro atoms. The predicted molar refractivity (Wildman–Crippen MR) is 87.7 cm³/mol. The van der Waals surface area contributed by atoms with Gasteiger partial charge in [-0.2, -0.15) is 13.2 Å². The Labute approximate surface area is 156 Å². The summed E-state index contributed by atoms with van der Waals surface area (Å²) < 4.78 is 74.0. The van der Waals surface area contributed by atoms with Crippen molar-refractivity contribution in [3.63, 3.8) is 0 Å². The number of carbonyl (C=O) groups excluding carboxylic acids is 2. The van der Waals surface area contributed by atoms with Gasteiger partial charge in [0.05, 0.1) is 5.56 Å². The highest BCUT2D eigenvalue weighted by Gasteiger charge is 2.34. The topological polar surface area (TPSA) is 52.6 Å². The van der Waals surface area contributed by atoms with Gasteiger partial charge in [0.15, 0.2) is 0 Å². The fraction of sp³-hybridized carbons (Fsp3) is 0.263. The molecule has 4 nitrogen and oxygen atoms in total. The number of esters is 2.